The lowest BCUT2D eigenvalue weighted by Crippen LogP contribution is -2.13. The summed E-state index contributed by atoms with van der Waals surface area (Å²) in [5.41, 5.74) is 8.07. The number of nitrogens with two attached hydrogens (primary N) is 1. The van der Waals surface area contributed by atoms with E-state index < -0.39 is 0 Å². The molecule has 0 aliphatic rings. The van der Waals surface area contributed by atoms with E-state index in [0.717, 1.165) is 22.2 Å². The molecule has 0 fully saturated rings. The first-order valence-corrected chi connectivity index (χ1v) is 5.00. The van der Waals surface area contributed by atoms with E-state index in [4.69, 9.17) is 17.3 Å². The second-order valence-electron chi connectivity index (χ2n) is 3.56. The molecule has 15 heavy (non-hydrogen) atoms. The molecule has 3 nitrogen and oxygen atoms in total. The molecule has 0 saturated carbocycles. The predicted octanol–water partition coefficient (Wildman–Crippen LogP) is 2.16. The van der Waals surface area contributed by atoms with Crippen molar-refractivity contribution in [2.45, 2.75) is 13.3 Å². The summed E-state index contributed by atoms with van der Waals surface area (Å²) in [6.07, 6.45) is 0.242. The van der Waals surface area contributed by atoms with E-state index in [9.17, 15) is 4.79 Å². The maximum Gasteiger partial charge on any atom is 0.221 e. The number of hydrogen-bond donors (Lipinski definition) is 2. The van der Waals surface area contributed by atoms with E-state index in [0.29, 0.717) is 5.02 Å². The van der Waals surface area contributed by atoms with Crippen LogP contribution >= 0.6 is 11.6 Å². The molecule has 0 spiro atoms. The van der Waals surface area contributed by atoms with Gasteiger partial charge in [0.05, 0.1) is 6.42 Å². The molecular formula is C11H11ClN2O. The number of aromatic nitrogens is 1. The van der Waals surface area contributed by atoms with Crippen molar-refractivity contribution in [1.82, 2.24) is 4.98 Å². The molecule has 78 valence electrons. The molecule has 1 amide bonds. The number of aryl methyl sites for hydroxylation is 1. The zero-order valence-electron chi connectivity index (χ0n) is 8.30. The third-order valence-corrected chi connectivity index (χ3v) is 2.67. The SMILES string of the molecule is Cc1[nH]c2ccc(Cl)cc2c1CC(N)=O. The van der Waals surface area contributed by atoms with Gasteiger partial charge >= 0.3 is 0 Å². The van der Waals surface area contributed by atoms with Crippen LogP contribution in [0.2, 0.25) is 5.02 Å². The Balaban J connectivity index is 2.65. The van der Waals surface area contributed by atoms with Crippen molar-refractivity contribution in [1.29, 1.82) is 0 Å². The monoisotopic (exact) mass is 222 g/mol. The third-order valence-electron chi connectivity index (χ3n) is 2.43. The molecule has 0 aliphatic heterocycles. The minimum Gasteiger partial charge on any atom is -0.369 e. The first kappa shape index (κ1) is 10.1. The van der Waals surface area contributed by atoms with Crippen molar-refractivity contribution >= 4 is 28.4 Å². The Morgan fingerprint density at radius 2 is 2.27 bits per heavy atom. The van der Waals surface area contributed by atoms with Gasteiger partial charge in [-0.1, -0.05) is 11.6 Å². The number of halogens is 1. The highest BCUT2D eigenvalue weighted by Crippen LogP contribution is 2.25. The van der Waals surface area contributed by atoms with Crippen molar-refractivity contribution in [2.24, 2.45) is 5.73 Å². The van der Waals surface area contributed by atoms with Gasteiger partial charge < -0.3 is 10.7 Å². The van der Waals surface area contributed by atoms with E-state index in [-0.39, 0.29) is 12.3 Å². The van der Waals surface area contributed by atoms with Crippen LogP contribution in [0.5, 0.6) is 0 Å². The van der Waals surface area contributed by atoms with Gasteiger partial charge in [-0.05, 0) is 30.7 Å². The summed E-state index contributed by atoms with van der Waals surface area (Å²) in [4.78, 5) is 14.1. The van der Waals surface area contributed by atoms with Crippen molar-refractivity contribution in [3.63, 3.8) is 0 Å². The molecule has 0 saturated heterocycles. The van der Waals surface area contributed by atoms with Crippen LogP contribution in [0.4, 0.5) is 0 Å². The van der Waals surface area contributed by atoms with Gasteiger partial charge in [0.2, 0.25) is 5.91 Å². The molecular weight excluding hydrogens is 212 g/mol. The molecule has 4 heteroatoms. The highest BCUT2D eigenvalue weighted by molar-refractivity contribution is 6.31. The average molecular weight is 223 g/mol. The van der Waals surface area contributed by atoms with E-state index in [1.165, 1.54) is 0 Å². The van der Waals surface area contributed by atoms with E-state index in [2.05, 4.69) is 4.98 Å². The number of H-pyrrole nitrogens is 1. The van der Waals surface area contributed by atoms with Crippen molar-refractivity contribution in [3.8, 4) is 0 Å². The minimum absolute atomic E-state index is 0.242. The van der Waals surface area contributed by atoms with Gasteiger partial charge in [-0.15, -0.1) is 0 Å². The molecule has 1 aromatic heterocycles. The molecule has 0 radical (unpaired) electrons. The molecule has 0 atom stereocenters. The smallest absolute Gasteiger partial charge is 0.221 e. The number of carbonyl (C=O) groups excluding carboxylic acids is 1. The molecule has 0 bridgehead atoms. The first-order chi connectivity index (χ1) is 7.08. The summed E-state index contributed by atoms with van der Waals surface area (Å²) in [5, 5.41) is 1.63. The topological polar surface area (TPSA) is 58.9 Å². The van der Waals surface area contributed by atoms with Gasteiger partial charge in [0.25, 0.3) is 0 Å². The second kappa shape index (κ2) is 3.59. The van der Waals surface area contributed by atoms with E-state index in [1.54, 1.807) is 0 Å². The highest BCUT2D eigenvalue weighted by atomic mass is 35.5. The highest BCUT2D eigenvalue weighted by Gasteiger charge is 2.10. The third kappa shape index (κ3) is 1.83. The van der Waals surface area contributed by atoms with Gasteiger partial charge in [-0.3, -0.25) is 4.79 Å². The van der Waals surface area contributed by atoms with Gasteiger partial charge in [-0.25, -0.2) is 0 Å². The summed E-state index contributed by atoms with van der Waals surface area (Å²) in [5.74, 6) is -0.334. The summed E-state index contributed by atoms with van der Waals surface area (Å²) in [7, 11) is 0. The molecule has 1 heterocycles. The van der Waals surface area contributed by atoms with Crippen LogP contribution in [-0.2, 0) is 11.2 Å². The van der Waals surface area contributed by atoms with Gasteiger partial charge in [-0.2, -0.15) is 0 Å². The van der Waals surface area contributed by atoms with Crippen LogP contribution in [0.3, 0.4) is 0 Å². The fraction of sp³-hybridized carbons (Fsp3) is 0.182. The lowest BCUT2D eigenvalue weighted by molar-refractivity contribution is -0.117. The Hall–Kier alpha value is -1.48. The zero-order chi connectivity index (χ0) is 11.0. The summed E-state index contributed by atoms with van der Waals surface area (Å²) < 4.78 is 0. The van der Waals surface area contributed by atoms with Crippen LogP contribution in [0.15, 0.2) is 18.2 Å². The largest absolute Gasteiger partial charge is 0.369 e. The van der Waals surface area contributed by atoms with Crippen LogP contribution < -0.4 is 5.73 Å². The zero-order valence-corrected chi connectivity index (χ0v) is 9.06. The normalized spacial score (nSPS) is 10.8. The fourth-order valence-electron chi connectivity index (χ4n) is 1.76. The Bertz CT molecular complexity index is 531. The Morgan fingerprint density at radius 3 is 2.93 bits per heavy atom. The van der Waals surface area contributed by atoms with Crippen molar-refractivity contribution in [3.05, 3.63) is 34.5 Å². The van der Waals surface area contributed by atoms with Crippen molar-refractivity contribution in [2.75, 3.05) is 0 Å². The summed E-state index contributed by atoms with van der Waals surface area (Å²) in [6, 6.07) is 5.56. The number of rotatable bonds is 2. The minimum atomic E-state index is -0.334. The van der Waals surface area contributed by atoms with Crippen LogP contribution in [0, 0.1) is 6.92 Å². The molecule has 3 N–H and O–H groups in total. The number of fused-ring (bicyclic) bond motifs is 1. The summed E-state index contributed by atoms with van der Waals surface area (Å²) in [6.45, 7) is 1.92. The first-order valence-electron chi connectivity index (χ1n) is 4.63. The molecule has 1 aromatic carbocycles. The average Bonchev–Trinajstić information content (AvgIpc) is 2.43. The van der Waals surface area contributed by atoms with Crippen LogP contribution in [-0.4, -0.2) is 10.9 Å². The Labute approximate surface area is 92.2 Å². The van der Waals surface area contributed by atoms with E-state index >= 15 is 0 Å². The fourth-order valence-corrected chi connectivity index (χ4v) is 1.93. The molecule has 0 unspecified atom stereocenters. The van der Waals surface area contributed by atoms with Crippen molar-refractivity contribution < 1.29 is 4.79 Å². The lowest BCUT2D eigenvalue weighted by Gasteiger charge is -1.97. The maximum atomic E-state index is 10.9. The number of aromatic amines is 1. The molecule has 2 aromatic rings. The molecule has 0 aliphatic carbocycles. The number of benzene rings is 1. The Morgan fingerprint density at radius 1 is 1.53 bits per heavy atom. The van der Waals surface area contributed by atoms with Gasteiger partial charge in [0.1, 0.15) is 0 Å². The number of primary amides is 1. The number of hydrogen-bond acceptors (Lipinski definition) is 1. The summed E-state index contributed by atoms with van der Waals surface area (Å²) >= 11 is 5.91. The van der Waals surface area contributed by atoms with Crippen LogP contribution in [0.25, 0.3) is 10.9 Å². The van der Waals surface area contributed by atoms with Gasteiger partial charge in [0.15, 0.2) is 0 Å². The number of amides is 1. The molecule has 2 rings (SSSR count). The number of carbonyl (C=O) groups is 1. The van der Waals surface area contributed by atoms with E-state index in [1.807, 2.05) is 25.1 Å². The standard InChI is InChI=1S/C11H11ClN2O/c1-6-8(5-11(13)15)9-4-7(12)2-3-10(9)14-6/h2-4,14H,5H2,1H3,(H2,13,15). The van der Waals surface area contributed by atoms with Crippen LogP contribution in [0.1, 0.15) is 11.3 Å². The lowest BCUT2D eigenvalue weighted by atomic mass is 10.1. The number of nitrogens with one attached hydrogen (secondary N) is 1. The Kier molecular flexibility index (Phi) is 2.40. The quantitative estimate of drug-likeness (QED) is 0.804. The maximum absolute atomic E-state index is 10.9. The van der Waals surface area contributed by atoms with Gasteiger partial charge in [0, 0.05) is 21.6 Å². The second-order valence-corrected chi connectivity index (χ2v) is 4.00. The predicted molar refractivity (Wildman–Crippen MR) is 60.9 cm³/mol.